The van der Waals surface area contributed by atoms with Crippen molar-refractivity contribution in [2.45, 2.75) is 57.5 Å². The third-order valence-electron chi connectivity index (χ3n) is 3.39. The quantitative estimate of drug-likeness (QED) is 0.703. The van der Waals surface area contributed by atoms with Crippen molar-refractivity contribution in [1.29, 1.82) is 0 Å². The van der Waals surface area contributed by atoms with E-state index in [9.17, 15) is 9.59 Å². The highest BCUT2D eigenvalue weighted by atomic mass is 16.7. The van der Waals surface area contributed by atoms with Crippen molar-refractivity contribution in [3.05, 3.63) is 0 Å². The molecule has 0 bridgehead atoms. The van der Waals surface area contributed by atoms with Crippen LogP contribution in [0.25, 0.3) is 0 Å². The van der Waals surface area contributed by atoms with Crippen molar-refractivity contribution >= 4 is 11.9 Å². The molecular weight excluding hydrogens is 252 g/mol. The molecule has 0 saturated carbocycles. The molecule has 108 valence electrons. The van der Waals surface area contributed by atoms with Gasteiger partial charge in [-0.2, -0.15) is 0 Å². The Bertz CT molecular complexity index is 347. The Balaban J connectivity index is 2.07. The van der Waals surface area contributed by atoms with Crippen LogP contribution in [0, 0.1) is 0 Å². The van der Waals surface area contributed by atoms with E-state index < -0.39 is 18.0 Å². The standard InChI is InChI=1S/C13H20O6/c1-9(14)18-11-7-12(19-10(2)15)13(17-8-11)5-3-4-6-16-13/h11-12H,3-8H2,1-2H3/t11-,12+,13-/m0/s1. The van der Waals surface area contributed by atoms with E-state index >= 15 is 0 Å². The molecule has 0 aromatic rings. The number of hydrogen-bond donors (Lipinski definition) is 0. The number of rotatable bonds is 2. The van der Waals surface area contributed by atoms with E-state index in [0.717, 1.165) is 12.8 Å². The average molecular weight is 272 g/mol. The highest BCUT2D eigenvalue weighted by molar-refractivity contribution is 5.66. The number of ether oxygens (including phenoxy) is 4. The van der Waals surface area contributed by atoms with E-state index in [2.05, 4.69) is 0 Å². The van der Waals surface area contributed by atoms with Gasteiger partial charge in [-0.15, -0.1) is 0 Å². The molecule has 6 heteroatoms. The Labute approximate surface area is 112 Å². The first-order valence-corrected chi connectivity index (χ1v) is 6.64. The van der Waals surface area contributed by atoms with Gasteiger partial charge < -0.3 is 18.9 Å². The summed E-state index contributed by atoms with van der Waals surface area (Å²) in [4.78, 5) is 22.2. The molecule has 3 atom stereocenters. The molecule has 2 saturated heterocycles. The largest absolute Gasteiger partial charge is 0.460 e. The number of carbonyl (C=O) groups is 2. The molecule has 2 fully saturated rings. The monoisotopic (exact) mass is 272 g/mol. The molecule has 2 rings (SSSR count). The van der Waals surface area contributed by atoms with Crippen LogP contribution < -0.4 is 0 Å². The summed E-state index contributed by atoms with van der Waals surface area (Å²) in [6.45, 7) is 3.57. The molecule has 0 unspecified atom stereocenters. The Morgan fingerprint density at radius 3 is 2.42 bits per heavy atom. The van der Waals surface area contributed by atoms with Gasteiger partial charge in [0.2, 0.25) is 5.79 Å². The maximum Gasteiger partial charge on any atom is 0.303 e. The molecule has 6 nitrogen and oxygen atoms in total. The average Bonchev–Trinajstić information content (AvgIpc) is 2.34. The van der Waals surface area contributed by atoms with Crippen molar-refractivity contribution in [3.63, 3.8) is 0 Å². The van der Waals surface area contributed by atoms with Crippen LogP contribution in [0.15, 0.2) is 0 Å². The van der Waals surface area contributed by atoms with E-state index in [0.29, 0.717) is 19.4 Å². The van der Waals surface area contributed by atoms with Crippen molar-refractivity contribution in [2.24, 2.45) is 0 Å². The zero-order chi connectivity index (χ0) is 13.9. The molecule has 2 aliphatic rings. The highest BCUT2D eigenvalue weighted by Crippen LogP contribution is 2.37. The van der Waals surface area contributed by atoms with E-state index in [-0.39, 0.29) is 18.5 Å². The first-order valence-electron chi connectivity index (χ1n) is 6.64. The Hall–Kier alpha value is -1.14. The molecule has 0 aromatic heterocycles. The molecule has 0 radical (unpaired) electrons. The normalized spacial score (nSPS) is 34.8. The summed E-state index contributed by atoms with van der Waals surface area (Å²) >= 11 is 0. The minimum Gasteiger partial charge on any atom is -0.460 e. The van der Waals surface area contributed by atoms with Gasteiger partial charge in [0.05, 0.1) is 13.2 Å². The lowest BCUT2D eigenvalue weighted by Gasteiger charge is -2.46. The Morgan fingerprint density at radius 2 is 1.84 bits per heavy atom. The van der Waals surface area contributed by atoms with Gasteiger partial charge in [-0.25, -0.2) is 0 Å². The van der Waals surface area contributed by atoms with Gasteiger partial charge in [-0.1, -0.05) is 0 Å². The first kappa shape index (κ1) is 14.3. The van der Waals surface area contributed by atoms with Crippen molar-refractivity contribution in [3.8, 4) is 0 Å². The smallest absolute Gasteiger partial charge is 0.303 e. The zero-order valence-electron chi connectivity index (χ0n) is 11.3. The summed E-state index contributed by atoms with van der Waals surface area (Å²) in [6.07, 6.45) is 2.14. The maximum absolute atomic E-state index is 11.2. The molecule has 0 N–H and O–H groups in total. The van der Waals surface area contributed by atoms with Gasteiger partial charge in [0.25, 0.3) is 0 Å². The van der Waals surface area contributed by atoms with Crippen LogP contribution in [-0.2, 0) is 28.5 Å². The number of esters is 2. The summed E-state index contributed by atoms with van der Waals surface area (Å²) in [5.41, 5.74) is 0. The highest BCUT2D eigenvalue weighted by Gasteiger charge is 2.49. The molecule has 0 aliphatic carbocycles. The van der Waals surface area contributed by atoms with Crippen LogP contribution in [0.4, 0.5) is 0 Å². The molecule has 0 aromatic carbocycles. The second kappa shape index (κ2) is 5.88. The molecule has 2 aliphatic heterocycles. The van der Waals surface area contributed by atoms with Gasteiger partial charge in [0.1, 0.15) is 6.10 Å². The van der Waals surface area contributed by atoms with Gasteiger partial charge >= 0.3 is 11.9 Å². The summed E-state index contributed by atoms with van der Waals surface area (Å²) in [7, 11) is 0. The fourth-order valence-corrected chi connectivity index (χ4v) is 2.63. The third kappa shape index (κ3) is 3.45. The molecule has 19 heavy (non-hydrogen) atoms. The van der Waals surface area contributed by atoms with Crippen LogP contribution in [0.5, 0.6) is 0 Å². The van der Waals surface area contributed by atoms with Crippen LogP contribution >= 0.6 is 0 Å². The Morgan fingerprint density at radius 1 is 1.11 bits per heavy atom. The summed E-state index contributed by atoms with van der Waals surface area (Å²) in [5.74, 6) is -1.61. The van der Waals surface area contributed by atoms with Crippen molar-refractivity contribution < 1.29 is 28.5 Å². The lowest BCUT2D eigenvalue weighted by Crippen LogP contribution is -2.57. The molecule has 2 heterocycles. The SMILES string of the molecule is CC(=O)O[C@@H]1CO[C@@]2(CCCCO2)[C@H](OC(C)=O)C1. The lowest BCUT2D eigenvalue weighted by atomic mass is 9.93. The second-order valence-electron chi connectivity index (χ2n) is 4.99. The fraction of sp³-hybridized carbons (Fsp3) is 0.846. The number of carbonyl (C=O) groups excluding carboxylic acids is 2. The van der Waals surface area contributed by atoms with Crippen LogP contribution in [-0.4, -0.2) is 43.1 Å². The van der Waals surface area contributed by atoms with Crippen LogP contribution in [0.1, 0.15) is 39.5 Å². The minimum absolute atomic E-state index is 0.275. The topological polar surface area (TPSA) is 71.1 Å². The fourth-order valence-electron chi connectivity index (χ4n) is 2.63. The van der Waals surface area contributed by atoms with Crippen molar-refractivity contribution in [1.82, 2.24) is 0 Å². The van der Waals surface area contributed by atoms with Crippen molar-refractivity contribution in [2.75, 3.05) is 13.2 Å². The maximum atomic E-state index is 11.2. The summed E-state index contributed by atoms with van der Waals surface area (Å²) in [6, 6.07) is 0. The lowest BCUT2D eigenvalue weighted by molar-refractivity contribution is -0.329. The van der Waals surface area contributed by atoms with Gasteiger partial charge in [0.15, 0.2) is 6.10 Å². The van der Waals surface area contributed by atoms with Crippen LogP contribution in [0.3, 0.4) is 0 Å². The molecular formula is C13H20O6. The zero-order valence-corrected chi connectivity index (χ0v) is 11.3. The van der Waals surface area contributed by atoms with E-state index in [1.807, 2.05) is 0 Å². The van der Waals surface area contributed by atoms with Gasteiger partial charge in [0, 0.05) is 26.7 Å². The minimum atomic E-state index is -0.861. The van der Waals surface area contributed by atoms with E-state index in [1.54, 1.807) is 0 Å². The summed E-state index contributed by atoms with van der Waals surface area (Å²) < 4.78 is 21.9. The Kier molecular flexibility index (Phi) is 4.42. The third-order valence-corrected chi connectivity index (χ3v) is 3.39. The predicted octanol–water partition coefficient (Wildman–Crippen LogP) is 1.17. The number of hydrogen-bond acceptors (Lipinski definition) is 6. The van der Waals surface area contributed by atoms with Gasteiger partial charge in [-0.3, -0.25) is 9.59 Å². The second-order valence-corrected chi connectivity index (χ2v) is 4.99. The molecule has 1 spiro atoms. The first-order chi connectivity index (χ1) is 9.02. The predicted molar refractivity (Wildman–Crippen MR) is 64.2 cm³/mol. The van der Waals surface area contributed by atoms with Gasteiger partial charge in [-0.05, 0) is 12.8 Å². The van der Waals surface area contributed by atoms with E-state index in [4.69, 9.17) is 18.9 Å². The van der Waals surface area contributed by atoms with E-state index in [1.165, 1.54) is 13.8 Å². The van der Waals surface area contributed by atoms with Crippen LogP contribution in [0.2, 0.25) is 0 Å². The summed E-state index contributed by atoms with van der Waals surface area (Å²) in [5, 5.41) is 0. The molecule has 0 amide bonds.